The van der Waals surface area contributed by atoms with Gasteiger partial charge >= 0.3 is 0 Å². The van der Waals surface area contributed by atoms with Crippen molar-refractivity contribution >= 4 is 28.6 Å². The van der Waals surface area contributed by atoms with E-state index in [1.54, 1.807) is 11.3 Å². The fraction of sp³-hybridized carbons (Fsp3) is 0.231. The molecule has 1 unspecified atom stereocenters. The summed E-state index contributed by atoms with van der Waals surface area (Å²) in [5.74, 6) is 0. The summed E-state index contributed by atoms with van der Waals surface area (Å²) in [7, 11) is 0. The number of nitrogens with one attached hydrogen (secondary N) is 1. The number of aryl methyl sites for hydroxylation is 1. The Hall–Kier alpha value is -1.03. The lowest BCUT2D eigenvalue weighted by molar-refractivity contribution is 0.806. The lowest BCUT2D eigenvalue weighted by atomic mass is 10.2. The van der Waals surface area contributed by atoms with Gasteiger partial charge in [0.15, 0.2) is 0 Å². The van der Waals surface area contributed by atoms with E-state index in [1.807, 2.05) is 24.3 Å². The molecule has 2 nitrogen and oxygen atoms in total. The average Bonchev–Trinajstić information content (AvgIpc) is 2.75. The minimum Gasteiger partial charge on any atom is -0.376 e. The van der Waals surface area contributed by atoms with Crippen LogP contribution >= 0.6 is 22.9 Å². The maximum absolute atomic E-state index is 5.85. The zero-order valence-electron chi connectivity index (χ0n) is 9.61. The monoisotopic (exact) mass is 266 g/mol. The third-order valence-electron chi connectivity index (χ3n) is 2.53. The smallest absolute Gasteiger partial charge is 0.0728 e. The van der Waals surface area contributed by atoms with Crippen molar-refractivity contribution in [2.24, 2.45) is 5.73 Å². The molecule has 1 heterocycles. The Kier molecular flexibility index (Phi) is 4.05. The summed E-state index contributed by atoms with van der Waals surface area (Å²) in [6.45, 7) is 2.67. The van der Waals surface area contributed by atoms with Gasteiger partial charge in [0.05, 0.1) is 6.04 Å². The van der Waals surface area contributed by atoms with E-state index in [-0.39, 0.29) is 6.04 Å². The van der Waals surface area contributed by atoms with Gasteiger partial charge in [-0.1, -0.05) is 11.6 Å². The maximum atomic E-state index is 5.85. The van der Waals surface area contributed by atoms with E-state index >= 15 is 0 Å². The summed E-state index contributed by atoms with van der Waals surface area (Å²) in [6, 6.07) is 12.1. The maximum Gasteiger partial charge on any atom is 0.0728 e. The summed E-state index contributed by atoms with van der Waals surface area (Å²) in [5, 5.41) is 4.15. The Labute approximate surface area is 110 Å². The molecule has 17 heavy (non-hydrogen) atoms. The summed E-state index contributed by atoms with van der Waals surface area (Å²) in [5.41, 5.74) is 6.85. The number of nitrogens with two attached hydrogens (primary N) is 1. The van der Waals surface area contributed by atoms with Crippen molar-refractivity contribution in [3.63, 3.8) is 0 Å². The van der Waals surface area contributed by atoms with Gasteiger partial charge in [-0.05, 0) is 43.3 Å². The first-order valence-corrected chi connectivity index (χ1v) is 6.67. The van der Waals surface area contributed by atoms with E-state index in [2.05, 4.69) is 24.4 Å². The quantitative estimate of drug-likeness (QED) is 0.883. The number of benzene rings is 1. The molecular weight excluding hydrogens is 252 g/mol. The molecule has 1 atom stereocenters. The Morgan fingerprint density at radius 1 is 1.24 bits per heavy atom. The molecule has 0 saturated carbocycles. The van der Waals surface area contributed by atoms with Gasteiger partial charge in [-0.25, -0.2) is 0 Å². The van der Waals surface area contributed by atoms with Gasteiger partial charge in [0, 0.05) is 27.0 Å². The molecule has 3 N–H and O–H groups in total. The van der Waals surface area contributed by atoms with Gasteiger partial charge in [-0.3, -0.25) is 0 Å². The van der Waals surface area contributed by atoms with Gasteiger partial charge < -0.3 is 11.1 Å². The first-order valence-electron chi connectivity index (χ1n) is 5.47. The normalized spacial score (nSPS) is 12.4. The molecule has 90 valence electrons. The summed E-state index contributed by atoms with van der Waals surface area (Å²) >= 11 is 7.63. The van der Waals surface area contributed by atoms with Crippen molar-refractivity contribution in [3.05, 3.63) is 51.2 Å². The molecule has 0 radical (unpaired) electrons. The minimum absolute atomic E-state index is 0.162. The highest BCUT2D eigenvalue weighted by Gasteiger charge is 2.11. The van der Waals surface area contributed by atoms with E-state index in [0.717, 1.165) is 10.7 Å². The third-order valence-corrected chi connectivity index (χ3v) is 3.89. The summed E-state index contributed by atoms with van der Waals surface area (Å²) < 4.78 is 0. The Morgan fingerprint density at radius 3 is 2.47 bits per heavy atom. The van der Waals surface area contributed by atoms with Gasteiger partial charge in [-0.15, -0.1) is 11.3 Å². The van der Waals surface area contributed by atoms with Crippen LogP contribution in [-0.2, 0) is 0 Å². The molecule has 0 bridgehead atoms. The molecule has 4 heteroatoms. The van der Waals surface area contributed by atoms with Crippen LogP contribution in [0.2, 0.25) is 5.02 Å². The second-order valence-corrected chi connectivity index (χ2v) is 5.64. The molecule has 0 saturated heterocycles. The Bertz CT molecular complexity index is 478. The Balaban J connectivity index is 2.12. The molecule has 0 amide bonds. The topological polar surface area (TPSA) is 38.0 Å². The van der Waals surface area contributed by atoms with E-state index in [4.69, 9.17) is 17.3 Å². The fourth-order valence-corrected chi connectivity index (χ4v) is 2.70. The highest BCUT2D eigenvalue weighted by atomic mass is 35.5. The number of halogens is 1. The summed E-state index contributed by atoms with van der Waals surface area (Å²) in [6.07, 6.45) is 0. The third kappa shape index (κ3) is 3.22. The zero-order chi connectivity index (χ0) is 12.3. The predicted molar refractivity (Wildman–Crippen MR) is 75.9 cm³/mol. The van der Waals surface area contributed by atoms with Crippen LogP contribution in [0.4, 0.5) is 5.69 Å². The van der Waals surface area contributed by atoms with Crippen LogP contribution in [0.5, 0.6) is 0 Å². The van der Waals surface area contributed by atoms with Crippen LogP contribution in [0, 0.1) is 6.92 Å². The molecule has 2 rings (SSSR count). The van der Waals surface area contributed by atoms with Crippen LogP contribution < -0.4 is 11.1 Å². The minimum atomic E-state index is 0.162. The predicted octanol–water partition coefficient (Wildman–Crippen LogP) is 3.82. The number of hydrogen-bond acceptors (Lipinski definition) is 3. The first-order chi connectivity index (χ1) is 8.19. The van der Waals surface area contributed by atoms with E-state index < -0.39 is 0 Å². The molecule has 0 aliphatic carbocycles. The van der Waals surface area contributed by atoms with E-state index in [9.17, 15) is 0 Å². The van der Waals surface area contributed by atoms with Crippen molar-refractivity contribution in [2.45, 2.75) is 13.0 Å². The molecule has 1 aromatic heterocycles. The molecule has 0 fully saturated rings. The fourth-order valence-electron chi connectivity index (χ4n) is 1.63. The highest BCUT2D eigenvalue weighted by molar-refractivity contribution is 7.12. The Morgan fingerprint density at radius 2 is 1.94 bits per heavy atom. The van der Waals surface area contributed by atoms with Crippen molar-refractivity contribution in [3.8, 4) is 0 Å². The first kappa shape index (κ1) is 12.4. The van der Waals surface area contributed by atoms with Crippen molar-refractivity contribution in [2.75, 3.05) is 11.9 Å². The van der Waals surface area contributed by atoms with Gasteiger partial charge in [0.25, 0.3) is 0 Å². The van der Waals surface area contributed by atoms with Crippen LogP contribution in [-0.4, -0.2) is 6.54 Å². The standard InChI is InChI=1S/C13H15ClN2S/c1-9-2-7-13(17-9)12(8-15)16-11-5-3-10(14)4-6-11/h2-7,12,16H,8,15H2,1H3. The molecule has 1 aromatic carbocycles. The number of rotatable bonds is 4. The number of thiophene rings is 1. The highest BCUT2D eigenvalue weighted by Crippen LogP contribution is 2.26. The van der Waals surface area contributed by atoms with Gasteiger partial charge in [-0.2, -0.15) is 0 Å². The average molecular weight is 267 g/mol. The molecule has 0 spiro atoms. The van der Waals surface area contributed by atoms with E-state index in [0.29, 0.717) is 6.54 Å². The number of hydrogen-bond donors (Lipinski definition) is 2. The van der Waals surface area contributed by atoms with Crippen molar-refractivity contribution in [1.82, 2.24) is 0 Å². The lowest BCUT2D eigenvalue weighted by Gasteiger charge is -2.16. The van der Waals surface area contributed by atoms with Gasteiger partial charge in [0.1, 0.15) is 0 Å². The molecule has 2 aromatic rings. The van der Waals surface area contributed by atoms with Crippen molar-refractivity contribution < 1.29 is 0 Å². The second-order valence-electron chi connectivity index (χ2n) is 3.89. The van der Waals surface area contributed by atoms with Crippen LogP contribution in [0.1, 0.15) is 15.8 Å². The lowest BCUT2D eigenvalue weighted by Crippen LogP contribution is -2.19. The zero-order valence-corrected chi connectivity index (χ0v) is 11.2. The summed E-state index contributed by atoms with van der Waals surface area (Å²) in [4.78, 5) is 2.57. The van der Waals surface area contributed by atoms with E-state index in [1.165, 1.54) is 9.75 Å². The van der Waals surface area contributed by atoms with Gasteiger partial charge in [0.2, 0.25) is 0 Å². The molecule has 0 aliphatic heterocycles. The van der Waals surface area contributed by atoms with Crippen molar-refractivity contribution in [1.29, 1.82) is 0 Å². The van der Waals surface area contributed by atoms with Crippen LogP contribution in [0.25, 0.3) is 0 Å². The van der Waals surface area contributed by atoms with Crippen LogP contribution in [0.15, 0.2) is 36.4 Å². The number of anilines is 1. The molecular formula is C13H15ClN2S. The SMILES string of the molecule is Cc1ccc(C(CN)Nc2ccc(Cl)cc2)s1. The van der Waals surface area contributed by atoms with Crippen LogP contribution in [0.3, 0.4) is 0 Å². The molecule has 0 aliphatic rings. The second kappa shape index (κ2) is 5.54. The largest absolute Gasteiger partial charge is 0.376 e.